The van der Waals surface area contributed by atoms with Crippen LogP contribution in [0.25, 0.3) is 6.08 Å². The molecule has 0 radical (unpaired) electrons. The molecule has 0 aliphatic heterocycles. The monoisotopic (exact) mass is 382 g/mol. The zero-order chi connectivity index (χ0) is 18.4. The number of benzene rings is 1. The largest absolute Gasteiger partial charge is 0.335 e. The summed E-state index contributed by atoms with van der Waals surface area (Å²) in [4.78, 5) is 17.0. The minimum absolute atomic E-state index is 0.0764. The Morgan fingerprint density at radius 3 is 2.40 bits per heavy atom. The van der Waals surface area contributed by atoms with E-state index < -0.39 is 0 Å². The first-order valence-electron chi connectivity index (χ1n) is 8.95. The molecule has 0 saturated heterocycles. The number of carbonyl (C=O) groups is 1. The first-order valence-corrected chi connectivity index (χ1v) is 9.71. The van der Waals surface area contributed by atoms with Gasteiger partial charge in [-0.3, -0.25) is 4.79 Å². The maximum Gasteiger partial charge on any atom is 0.246 e. The molecule has 0 unspecified atom stereocenters. The van der Waals surface area contributed by atoms with Crippen molar-refractivity contribution in [3.8, 4) is 0 Å². The molecule has 2 rings (SSSR count). The van der Waals surface area contributed by atoms with E-state index in [0.717, 1.165) is 37.4 Å². The van der Waals surface area contributed by atoms with Crippen LogP contribution in [0.2, 0.25) is 10.0 Å². The quantitative estimate of drug-likeness (QED) is 0.647. The molecule has 1 aliphatic carbocycles. The van der Waals surface area contributed by atoms with Crippen LogP contribution in [0.3, 0.4) is 0 Å². The maximum atomic E-state index is 12.8. The van der Waals surface area contributed by atoms with E-state index in [2.05, 4.69) is 11.8 Å². The molecule has 0 heterocycles. The van der Waals surface area contributed by atoms with Crippen LogP contribution < -0.4 is 0 Å². The minimum Gasteiger partial charge on any atom is -0.335 e. The molecule has 0 bridgehead atoms. The Bertz CT molecular complexity index is 608. The van der Waals surface area contributed by atoms with Crippen LogP contribution in [-0.4, -0.2) is 48.9 Å². The van der Waals surface area contributed by atoms with Gasteiger partial charge in [0.05, 0.1) is 10.0 Å². The Balaban J connectivity index is 2.07. The van der Waals surface area contributed by atoms with Crippen molar-refractivity contribution >= 4 is 35.2 Å². The summed E-state index contributed by atoms with van der Waals surface area (Å²) in [6, 6.07) is 5.74. The van der Waals surface area contributed by atoms with Crippen LogP contribution in [0.4, 0.5) is 0 Å². The summed E-state index contributed by atoms with van der Waals surface area (Å²) < 4.78 is 0. The summed E-state index contributed by atoms with van der Waals surface area (Å²) in [7, 11) is 4.08. The molecule has 3 nitrogen and oxygen atoms in total. The second-order valence-electron chi connectivity index (χ2n) is 7.26. The molecular formula is C20H28Cl2N2O. The van der Waals surface area contributed by atoms with E-state index >= 15 is 0 Å². The van der Waals surface area contributed by atoms with Crippen molar-refractivity contribution in [3.63, 3.8) is 0 Å². The van der Waals surface area contributed by atoms with Gasteiger partial charge in [0.15, 0.2) is 0 Å². The van der Waals surface area contributed by atoms with E-state index in [9.17, 15) is 4.79 Å². The molecule has 1 aromatic carbocycles. The van der Waals surface area contributed by atoms with E-state index in [-0.39, 0.29) is 5.91 Å². The molecule has 0 spiro atoms. The Morgan fingerprint density at radius 1 is 1.12 bits per heavy atom. The first-order chi connectivity index (χ1) is 11.9. The Hall–Kier alpha value is -1.03. The van der Waals surface area contributed by atoms with Gasteiger partial charge in [-0.05, 0) is 69.5 Å². The summed E-state index contributed by atoms with van der Waals surface area (Å²) in [5.74, 6) is 0.848. The van der Waals surface area contributed by atoms with Gasteiger partial charge < -0.3 is 9.80 Å². The lowest BCUT2D eigenvalue weighted by atomic mass is 9.86. The molecule has 138 valence electrons. The number of rotatable bonds is 6. The van der Waals surface area contributed by atoms with Gasteiger partial charge in [-0.15, -0.1) is 0 Å². The van der Waals surface area contributed by atoms with Gasteiger partial charge in [0.1, 0.15) is 0 Å². The van der Waals surface area contributed by atoms with Crippen LogP contribution in [0, 0.1) is 5.92 Å². The van der Waals surface area contributed by atoms with Crippen LogP contribution in [0.1, 0.15) is 38.2 Å². The topological polar surface area (TPSA) is 23.6 Å². The highest BCUT2D eigenvalue weighted by Gasteiger charge is 2.26. The summed E-state index contributed by atoms with van der Waals surface area (Å²) in [6.07, 6.45) is 8.08. The second kappa shape index (κ2) is 9.61. The van der Waals surface area contributed by atoms with Crippen LogP contribution >= 0.6 is 23.2 Å². The summed E-state index contributed by atoms with van der Waals surface area (Å²) in [6.45, 7) is 3.93. The predicted molar refractivity (Wildman–Crippen MR) is 107 cm³/mol. The SMILES string of the molecule is CC1CCC(N(CCN(C)C)C(=O)C=Cc2ccc(Cl)c(Cl)c2)CC1. The lowest BCUT2D eigenvalue weighted by molar-refractivity contribution is -0.129. The molecule has 5 heteroatoms. The standard InChI is InChI=1S/C20H28Cl2N2O/c1-15-4-8-17(9-5-15)24(13-12-23(2)3)20(25)11-7-16-6-10-18(21)19(22)14-16/h6-7,10-11,14-15,17H,4-5,8-9,12-13H2,1-3H3. The Kier molecular flexibility index (Phi) is 7.80. The molecule has 1 aliphatic rings. The Morgan fingerprint density at radius 2 is 1.80 bits per heavy atom. The average molecular weight is 383 g/mol. The number of halogens is 2. The fraction of sp³-hybridized carbons (Fsp3) is 0.550. The third kappa shape index (κ3) is 6.32. The predicted octanol–water partition coefficient (Wildman–Crippen LogP) is 4.98. The number of carbonyl (C=O) groups excluding carboxylic acids is 1. The van der Waals surface area contributed by atoms with Gasteiger partial charge >= 0.3 is 0 Å². The highest BCUT2D eigenvalue weighted by Crippen LogP contribution is 2.27. The normalized spacial score (nSPS) is 21.0. The molecule has 1 saturated carbocycles. The fourth-order valence-electron chi connectivity index (χ4n) is 3.21. The van der Waals surface area contributed by atoms with E-state index in [4.69, 9.17) is 23.2 Å². The summed E-state index contributed by atoms with van der Waals surface area (Å²) in [5.41, 5.74) is 0.882. The van der Waals surface area contributed by atoms with Gasteiger partial charge in [-0.2, -0.15) is 0 Å². The van der Waals surface area contributed by atoms with Crippen molar-refractivity contribution in [2.24, 2.45) is 5.92 Å². The highest BCUT2D eigenvalue weighted by molar-refractivity contribution is 6.42. The van der Waals surface area contributed by atoms with Gasteiger partial charge in [0.2, 0.25) is 5.91 Å². The minimum atomic E-state index is 0.0764. The number of hydrogen-bond acceptors (Lipinski definition) is 2. The van der Waals surface area contributed by atoms with Crippen molar-refractivity contribution in [2.75, 3.05) is 27.2 Å². The van der Waals surface area contributed by atoms with Gasteiger partial charge in [-0.1, -0.05) is 36.2 Å². The summed E-state index contributed by atoms with van der Waals surface area (Å²) >= 11 is 12.0. The molecule has 1 aromatic rings. The lowest BCUT2D eigenvalue weighted by Gasteiger charge is -2.36. The van der Waals surface area contributed by atoms with Crippen molar-refractivity contribution in [3.05, 3.63) is 39.9 Å². The van der Waals surface area contributed by atoms with Crippen LogP contribution in [0.5, 0.6) is 0 Å². The molecule has 1 fully saturated rings. The van der Waals surface area contributed by atoms with E-state index in [1.165, 1.54) is 12.8 Å². The zero-order valence-corrected chi connectivity index (χ0v) is 16.9. The zero-order valence-electron chi connectivity index (χ0n) is 15.3. The number of hydrogen-bond donors (Lipinski definition) is 0. The van der Waals surface area contributed by atoms with Crippen molar-refractivity contribution in [1.29, 1.82) is 0 Å². The maximum absolute atomic E-state index is 12.8. The van der Waals surface area contributed by atoms with E-state index in [1.807, 2.05) is 31.1 Å². The number of amides is 1. The number of nitrogens with zero attached hydrogens (tertiary/aromatic N) is 2. The second-order valence-corrected chi connectivity index (χ2v) is 8.07. The Labute approximate surface area is 161 Å². The molecule has 0 aromatic heterocycles. The fourth-order valence-corrected chi connectivity index (χ4v) is 3.52. The first kappa shape index (κ1) is 20.3. The molecule has 1 amide bonds. The third-order valence-corrected chi connectivity index (χ3v) is 5.60. The molecule has 0 atom stereocenters. The highest BCUT2D eigenvalue weighted by atomic mass is 35.5. The van der Waals surface area contributed by atoms with Gasteiger partial charge in [0, 0.05) is 25.2 Å². The van der Waals surface area contributed by atoms with Crippen molar-refractivity contribution < 1.29 is 4.79 Å². The number of likely N-dealkylation sites (N-methyl/N-ethyl adjacent to an activating group) is 1. The average Bonchev–Trinajstić information content (AvgIpc) is 2.57. The molecule has 25 heavy (non-hydrogen) atoms. The van der Waals surface area contributed by atoms with E-state index in [1.54, 1.807) is 18.2 Å². The van der Waals surface area contributed by atoms with Gasteiger partial charge in [-0.25, -0.2) is 0 Å². The molecular weight excluding hydrogens is 355 g/mol. The van der Waals surface area contributed by atoms with Crippen molar-refractivity contribution in [1.82, 2.24) is 9.80 Å². The third-order valence-electron chi connectivity index (χ3n) is 4.86. The van der Waals surface area contributed by atoms with Crippen molar-refractivity contribution in [2.45, 2.75) is 38.6 Å². The molecule has 0 N–H and O–H groups in total. The van der Waals surface area contributed by atoms with Gasteiger partial charge in [0.25, 0.3) is 0 Å². The van der Waals surface area contributed by atoms with E-state index in [0.29, 0.717) is 16.1 Å². The lowest BCUT2D eigenvalue weighted by Crippen LogP contribution is -2.44. The van der Waals surface area contributed by atoms with Crippen LogP contribution in [0.15, 0.2) is 24.3 Å². The smallest absolute Gasteiger partial charge is 0.246 e. The summed E-state index contributed by atoms with van der Waals surface area (Å²) in [5, 5.41) is 1.02. The van der Waals surface area contributed by atoms with Crippen LogP contribution in [-0.2, 0) is 4.79 Å².